The SMILES string of the molecule is COc1cc(C2N[C@H](C(=O)O)Cc3c2[nH]c2ccccc32)ccc1OCc1ccccc1. The molecule has 0 fully saturated rings. The van der Waals surface area contributed by atoms with Crippen LogP contribution in [0.25, 0.3) is 10.9 Å². The molecule has 0 aliphatic carbocycles. The number of ether oxygens (including phenoxy) is 2. The number of benzene rings is 3. The van der Waals surface area contributed by atoms with E-state index in [9.17, 15) is 9.90 Å². The Hall–Kier alpha value is -3.77. The number of methoxy groups -OCH3 is 1. The lowest BCUT2D eigenvalue weighted by Crippen LogP contribution is -2.44. The zero-order valence-corrected chi connectivity index (χ0v) is 17.7. The van der Waals surface area contributed by atoms with Crippen LogP contribution in [0.15, 0.2) is 72.8 Å². The third kappa shape index (κ3) is 3.69. The van der Waals surface area contributed by atoms with Crippen molar-refractivity contribution in [3.05, 3.63) is 95.2 Å². The maximum atomic E-state index is 11.9. The van der Waals surface area contributed by atoms with Gasteiger partial charge in [-0.05, 0) is 34.9 Å². The van der Waals surface area contributed by atoms with Crippen molar-refractivity contribution in [2.45, 2.75) is 25.1 Å². The van der Waals surface area contributed by atoms with Crippen molar-refractivity contribution in [2.24, 2.45) is 0 Å². The molecule has 2 heterocycles. The lowest BCUT2D eigenvalue weighted by atomic mass is 9.90. The summed E-state index contributed by atoms with van der Waals surface area (Å²) < 4.78 is 11.6. The number of aromatic nitrogens is 1. The van der Waals surface area contributed by atoms with Crippen LogP contribution in [-0.2, 0) is 17.8 Å². The van der Waals surface area contributed by atoms with Crippen molar-refractivity contribution in [1.29, 1.82) is 0 Å². The number of aliphatic carboxylic acids is 1. The Bertz CT molecular complexity index is 1270. The second-order valence-electron chi connectivity index (χ2n) is 7.94. The molecular formula is C26H24N2O4. The summed E-state index contributed by atoms with van der Waals surface area (Å²) in [6.07, 6.45) is 0.431. The fourth-order valence-electron chi connectivity index (χ4n) is 4.37. The Labute approximate surface area is 185 Å². The van der Waals surface area contributed by atoms with Crippen molar-refractivity contribution in [2.75, 3.05) is 7.11 Å². The fraction of sp³-hybridized carbons (Fsp3) is 0.192. The molecule has 0 radical (unpaired) electrons. The Kier molecular flexibility index (Phi) is 5.29. The van der Waals surface area contributed by atoms with E-state index in [0.29, 0.717) is 24.5 Å². The molecule has 1 aromatic heterocycles. The number of hydrogen-bond donors (Lipinski definition) is 3. The van der Waals surface area contributed by atoms with Crippen LogP contribution in [0.3, 0.4) is 0 Å². The number of nitrogens with one attached hydrogen (secondary N) is 2. The van der Waals surface area contributed by atoms with Gasteiger partial charge in [0.25, 0.3) is 0 Å². The van der Waals surface area contributed by atoms with Crippen LogP contribution in [0, 0.1) is 0 Å². The predicted molar refractivity (Wildman–Crippen MR) is 122 cm³/mol. The number of carboxylic acid groups (broad SMARTS) is 1. The molecule has 6 nitrogen and oxygen atoms in total. The van der Waals surface area contributed by atoms with Gasteiger partial charge in [-0.15, -0.1) is 0 Å². The maximum absolute atomic E-state index is 11.9. The third-order valence-electron chi connectivity index (χ3n) is 5.97. The monoisotopic (exact) mass is 428 g/mol. The van der Waals surface area contributed by atoms with Gasteiger partial charge < -0.3 is 19.6 Å². The molecule has 1 aliphatic rings. The quantitative estimate of drug-likeness (QED) is 0.423. The van der Waals surface area contributed by atoms with Crippen molar-refractivity contribution >= 4 is 16.9 Å². The Morgan fingerprint density at radius 3 is 2.59 bits per heavy atom. The molecule has 6 heteroatoms. The van der Waals surface area contributed by atoms with Gasteiger partial charge in [-0.3, -0.25) is 10.1 Å². The van der Waals surface area contributed by atoms with Crippen LogP contribution in [0.5, 0.6) is 11.5 Å². The van der Waals surface area contributed by atoms with Crippen LogP contribution in [0.2, 0.25) is 0 Å². The maximum Gasteiger partial charge on any atom is 0.321 e. The van der Waals surface area contributed by atoms with Crippen molar-refractivity contribution in [3.8, 4) is 11.5 Å². The first-order valence-electron chi connectivity index (χ1n) is 10.6. The lowest BCUT2D eigenvalue weighted by Gasteiger charge is -2.30. The third-order valence-corrected chi connectivity index (χ3v) is 5.97. The molecule has 0 amide bonds. The molecule has 3 N–H and O–H groups in total. The van der Waals surface area contributed by atoms with Gasteiger partial charge in [-0.25, -0.2) is 0 Å². The first-order valence-corrected chi connectivity index (χ1v) is 10.6. The molecule has 3 aromatic carbocycles. The highest BCUT2D eigenvalue weighted by Crippen LogP contribution is 2.38. The van der Waals surface area contributed by atoms with Gasteiger partial charge in [-0.2, -0.15) is 0 Å². The number of rotatable bonds is 6. The second-order valence-corrected chi connectivity index (χ2v) is 7.94. The smallest absolute Gasteiger partial charge is 0.321 e. The minimum atomic E-state index is -0.860. The molecular weight excluding hydrogens is 404 g/mol. The van der Waals surface area contributed by atoms with Crippen LogP contribution >= 0.6 is 0 Å². The van der Waals surface area contributed by atoms with Gasteiger partial charge >= 0.3 is 5.97 Å². The van der Waals surface area contributed by atoms with E-state index in [0.717, 1.165) is 33.3 Å². The highest BCUT2D eigenvalue weighted by Gasteiger charge is 2.34. The lowest BCUT2D eigenvalue weighted by molar-refractivity contribution is -0.139. The van der Waals surface area contributed by atoms with Crippen LogP contribution in [0.4, 0.5) is 0 Å². The highest BCUT2D eigenvalue weighted by molar-refractivity contribution is 5.87. The number of carbonyl (C=O) groups is 1. The molecule has 1 unspecified atom stereocenters. The largest absolute Gasteiger partial charge is 0.493 e. The van der Waals surface area contributed by atoms with Crippen LogP contribution in [0.1, 0.15) is 28.4 Å². The summed E-state index contributed by atoms with van der Waals surface area (Å²) in [5.74, 6) is 0.388. The van der Waals surface area contributed by atoms with E-state index in [-0.39, 0.29) is 6.04 Å². The summed E-state index contributed by atoms with van der Waals surface area (Å²) in [5.41, 5.74) is 5.02. The average Bonchev–Trinajstić information content (AvgIpc) is 3.21. The highest BCUT2D eigenvalue weighted by atomic mass is 16.5. The first kappa shape index (κ1) is 20.2. The number of para-hydroxylation sites is 1. The van der Waals surface area contributed by atoms with Gasteiger partial charge in [0, 0.05) is 23.0 Å². The van der Waals surface area contributed by atoms with E-state index in [1.165, 1.54) is 0 Å². The van der Waals surface area contributed by atoms with E-state index in [2.05, 4.69) is 10.3 Å². The van der Waals surface area contributed by atoms with E-state index in [4.69, 9.17) is 9.47 Å². The molecule has 2 atom stereocenters. The molecule has 5 rings (SSSR count). The van der Waals surface area contributed by atoms with Crippen molar-refractivity contribution in [3.63, 3.8) is 0 Å². The Balaban J connectivity index is 1.50. The van der Waals surface area contributed by atoms with E-state index >= 15 is 0 Å². The summed E-state index contributed by atoms with van der Waals surface area (Å²) in [4.78, 5) is 15.4. The van der Waals surface area contributed by atoms with Crippen molar-refractivity contribution in [1.82, 2.24) is 10.3 Å². The average molecular weight is 428 g/mol. The zero-order valence-electron chi connectivity index (χ0n) is 17.7. The first-order chi connectivity index (χ1) is 15.6. The van der Waals surface area contributed by atoms with E-state index < -0.39 is 12.0 Å². The zero-order chi connectivity index (χ0) is 22.1. The molecule has 0 saturated heterocycles. The normalized spacial score (nSPS) is 17.7. The summed E-state index contributed by atoms with van der Waals surface area (Å²) in [7, 11) is 1.61. The van der Waals surface area contributed by atoms with Gasteiger partial charge in [-0.1, -0.05) is 54.6 Å². The van der Waals surface area contributed by atoms with Gasteiger partial charge in [0.15, 0.2) is 11.5 Å². The number of carboxylic acids is 1. The van der Waals surface area contributed by atoms with Crippen LogP contribution in [-0.4, -0.2) is 29.2 Å². The standard InChI is InChI=1S/C26H24N2O4/c1-31-23-13-17(11-12-22(23)32-15-16-7-3-2-4-8-16)24-25-19(14-21(28-24)26(29)30)18-9-5-6-10-20(18)27-25/h2-13,21,24,27-28H,14-15H2,1H3,(H,29,30)/t21-,24?/m0/s1. The fourth-order valence-corrected chi connectivity index (χ4v) is 4.37. The summed E-state index contributed by atoms with van der Waals surface area (Å²) in [5, 5.41) is 14.1. The van der Waals surface area contributed by atoms with Gasteiger partial charge in [0.05, 0.1) is 13.2 Å². The summed E-state index contributed by atoms with van der Waals surface area (Å²) in [6, 6.07) is 22.7. The van der Waals surface area contributed by atoms with E-state index in [1.54, 1.807) is 7.11 Å². The predicted octanol–water partition coefficient (Wildman–Crippen LogP) is 4.44. The minimum Gasteiger partial charge on any atom is -0.493 e. The number of H-pyrrole nitrogens is 1. The second kappa shape index (κ2) is 8.40. The number of fused-ring (bicyclic) bond motifs is 3. The molecule has 0 bridgehead atoms. The molecule has 0 spiro atoms. The minimum absolute atomic E-state index is 0.302. The molecule has 1 aliphatic heterocycles. The summed E-state index contributed by atoms with van der Waals surface area (Å²) >= 11 is 0. The topological polar surface area (TPSA) is 83.6 Å². The van der Waals surface area contributed by atoms with Gasteiger partial charge in [0.1, 0.15) is 12.6 Å². The van der Waals surface area contributed by atoms with Crippen molar-refractivity contribution < 1.29 is 19.4 Å². The van der Waals surface area contributed by atoms with E-state index in [1.807, 2.05) is 72.8 Å². The molecule has 162 valence electrons. The number of hydrogen-bond acceptors (Lipinski definition) is 4. The summed E-state index contributed by atoms with van der Waals surface area (Å²) in [6.45, 7) is 0.436. The van der Waals surface area contributed by atoms with Crippen LogP contribution < -0.4 is 14.8 Å². The number of aromatic amines is 1. The molecule has 32 heavy (non-hydrogen) atoms. The Morgan fingerprint density at radius 1 is 1.03 bits per heavy atom. The molecule has 4 aromatic rings. The Morgan fingerprint density at radius 2 is 1.81 bits per heavy atom. The van der Waals surface area contributed by atoms with Gasteiger partial charge in [0.2, 0.25) is 0 Å². The molecule has 0 saturated carbocycles.